The third-order valence-corrected chi connectivity index (χ3v) is 6.78. The maximum Gasteiger partial charge on any atom is 0.445 e. The van der Waals surface area contributed by atoms with Crippen LogP contribution in [0, 0.1) is 11.8 Å². The van der Waals surface area contributed by atoms with E-state index in [1.54, 1.807) is 18.8 Å². The molecule has 1 saturated heterocycles. The summed E-state index contributed by atoms with van der Waals surface area (Å²) in [5.41, 5.74) is 0. The highest BCUT2D eigenvalue weighted by Crippen LogP contribution is 2.31. The summed E-state index contributed by atoms with van der Waals surface area (Å²) >= 11 is 1.55. The molecule has 3 amide bonds. The number of hydrogen-bond donors (Lipinski definition) is 0. The minimum absolute atomic E-state index is 0.180. The minimum atomic E-state index is -0.601. The Morgan fingerprint density at radius 1 is 1.14 bits per heavy atom. The van der Waals surface area contributed by atoms with Crippen LogP contribution in [0.5, 0.6) is 0 Å². The van der Waals surface area contributed by atoms with Crippen molar-refractivity contribution in [3.8, 4) is 0 Å². The van der Waals surface area contributed by atoms with Gasteiger partial charge in [0, 0.05) is 18.1 Å². The number of carbonyl (C=O) groups excluding carboxylic acids is 2. The lowest BCUT2D eigenvalue weighted by molar-refractivity contribution is -0.407. The first-order chi connectivity index (χ1) is 13.6. The second-order valence-corrected chi connectivity index (χ2v) is 8.71. The molecule has 8 nitrogen and oxygen atoms in total. The van der Waals surface area contributed by atoms with E-state index in [2.05, 4.69) is 0 Å². The Balaban J connectivity index is 1.60. The van der Waals surface area contributed by atoms with Crippen molar-refractivity contribution in [3.63, 3.8) is 0 Å². The van der Waals surface area contributed by atoms with Gasteiger partial charge in [0.15, 0.2) is 12.2 Å². The maximum atomic E-state index is 12.9. The molecule has 3 aliphatic heterocycles. The zero-order valence-electron chi connectivity index (χ0n) is 16.4. The Kier molecular flexibility index (Phi) is 5.93. The van der Waals surface area contributed by atoms with Gasteiger partial charge in [0.05, 0.1) is 27.3 Å². The van der Waals surface area contributed by atoms with E-state index in [9.17, 15) is 9.59 Å². The summed E-state index contributed by atoms with van der Waals surface area (Å²) in [7, 11) is 3.20. The molecule has 0 N–H and O–H groups in total. The Bertz CT molecular complexity index is 751. The smallest absolute Gasteiger partial charge is 0.350 e. The van der Waals surface area contributed by atoms with Crippen LogP contribution in [0.1, 0.15) is 38.5 Å². The SMILES string of the molecule is CN1C(=O)C2C(SCCC3OCCO3)=NC(C3CCCCC3)=NC2=[N+](C)C1=O. The van der Waals surface area contributed by atoms with Gasteiger partial charge >= 0.3 is 11.9 Å². The van der Waals surface area contributed by atoms with Crippen molar-refractivity contribution >= 4 is 40.4 Å². The summed E-state index contributed by atoms with van der Waals surface area (Å²) in [6.45, 7) is 1.26. The lowest BCUT2D eigenvalue weighted by Gasteiger charge is -2.28. The number of thioether (sulfide) groups is 1. The number of amides is 3. The van der Waals surface area contributed by atoms with E-state index in [1.807, 2.05) is 0 Å². The Labute approximate surface area is 169 Å². The fourth-order valence-corrected chi connectivity index (χ4v) is 5.13. The number of carbonyl (C=O) groups is 2. The zero-order valence-corrected chi connectivity index (χ0v) is 17.2. The van der Waals surface area contributed by atoms with Crippen LogP contribution in [-0.4, -0.2) is 77.5 Å². The van der Waals surface area contributed by atoms with Crippen LogP contribution in [0.4, 0.5) is 4.79 Å². The molecule has 4 rings (SSSR count). The van der Waals surface area contributed by atoms with Gasteiger partial charge in [-0.2, -0.15) is 9.48 Å². The second kappa shape index (κ2) is 8.42. The first-order valence-electron chi connectivity index (χ1n) is 10.0. The van der Waals surface area contributed by atoms with Gasteiger partial charge in [0.2, 0.25) is 5.84 Å². The largest absolute Gasteiger partial charge is 0.445 e. The van der Waals surface area contributed by atoms with Gasteiger partial charge in [-0.15, -0.1) is 11.8 Å². The number of ether oxygens (including phenoxy) is 2. The van der Waals surface area contributed by atoms with Crippen LogP contribution in [0.15, 0.2) is 9.98 Å². The first kappa shape index (κ1) is 19.7. The number of aliphatic imine (C=N–C) groups is 2. The van der Waals surface area contributed by atoms with E-state index in [4.69, 9.17) is 19.5 Å². The average molecular weight is 408 g/mol. The molecule has 28 heavy (non-hydrogen) atoms. The van der Waals surface area contributed by atoms with Crippen LogP contribution in [0.2, 0.25) is 0 Å². The number of nitrogens with zero attached hydrogens (tertiary/aromatic N) is 4. The van der Waals surface area contributed by atoms with Gasteiger partial charge in [0.1, 0.15) is 5.04 Å². The quantitative estimate of drug-likeness (QED) is 0.667. The molecule has 0 spiro atoms. The Morgan fingerprint density at radius 3 is 2.57 bits per heavy atom. The maximum absolute atomic E-state index is 12.9. The van der Waals surface area contributed by atoms with Crippen LogP contribution in [-0.2, 0) is 14.3 Å². The van der Waals surface area contributed by atoms with E-state index in [0.29, 0.717) is 25.0 Å². The summed E-state index contributed by atoms with van der Waals surface area (Å²) in [6.07, 6.45) is 6.28. The molecular formula is C19H27N4O4S+. The summed E-state index contributed by atoms with van der Waals surface area (Å²) in [4.78, 5) is 36.0. The lowest BCUT2D eigenvalue weighted by Crippen LogP contribution is -2.55. The average Bonchev–Trinajstić information content (AvgIpc) is 3.24. The standard InChI is InChI=1S/C19H27N4O4S/c1-22-16-14(18(24)23(2)19(22)25)17(28-11-8-13-26-9-10-27-13)21-15(20-16)12-6-4-3-5-7-12/h12-14H,3-11H2,1-2H3/q+1. The van der Waals surface area contributed by atoms with Gasteiger partial charge in [-0.3, -0.25) is 4.79 Å². The first-order valence-corrected chi connectivity index (χ1v) is 11.0. The highest BCUT2D eigenvalue weighted by Gasteiger charge is 2.49. The third-order valence-electron chi connectivity index (χ3n) is 5.72. The number of urea groups is 1. The highest BCUT2D eigenvalue weighted by atomic mass is 32.2. The molecule has 0 aromatic rings. The van der Waals surface area contributed by atoms with Crippen LogP contribution < -0.4 is 0 Å². The number of imide groups is 1. The summed E-state index contributed by atoms with van der Waals surface area (Å²) in [5.74, 6) is 1.47. The van der Waals surface area contributed by atoms with Gasteiger partial charge < -0.3 is 9.47 Å². The van der Waals surface area contributed by atoms with Crippen molar-refractivity contribution in [2.45, 2.75) is 44.8 Å². The van der Waals surface area contributed by atoms with Crippen molar-refractivity contribution in [2.24, 2.45) is 21.8 Å². The van der Waals surface area contributed by atoms with E-state index < -0.39 is 5.92 Å². The van der Waals surface area contributed by atoms with Crippen molar-refractivity contribution in [2.75, 3.05) is 33.1 Å². The second-order valence-electron chi connectivity index (χ2n) is 7.59. The molecule has 1 atom stereocenters. The number of rotatable bonds is 4. The number of hydrogen-bond acceptors (Lipinski definition) is 7. The fraction of sp³-hybridized carbons (Fsp3) is 0.737. The molecule has 0 aromatic carbocycles. The molecule has 2 fully saturated rings. The zero-order chi connectivity index (χ0) is 19.7. The van der Waals surface area contributed by atoms with E-state index >= 15 is 0 Å². The van der Waals surface area contributed by atoms with Crippen molar-refractivity contribution in [1.29, 1.82) is 0 Å². The van der Waals surface area contributed by atoms with Crippen LogP contribution >= 0.6 is 11.8 Å². The summed E-state index contributed by atoms with van der Waals surface area (Å²) in [5, 5.41) is 0.736. The highest BCUT2D eigenvalue weighted by molar-refractivity contribution is 8.14. The lowest BCUT2D eigenvalue weighted by atomic mass is 9.88. The number of fused-ring (bicyclic) bond motifs is 1. The summed E-state index contributed by atoms with van der Waals surface area (Å²) < 4.78 is 12.5. The molecule has 1 saturated carbocycles. The van der Waals surface area contributed by atoms with Crippen molar-refractivity contribution in [1.82, 2.24) is 4.90 Å². The van der Waals surface area contributed by atoms with Gasteiger partial charge in [-0.05, 0) is 12.8 Å². The van der Waals surface area contributed by atoms with Gasteiger partial charge in [-0.1, -0.05) is 24.3 Å². The van der Waals surface area contributed by atoms with Gasteiger partial charge in [0.25, 0.3) is 5.84 Å². The molecule has 4 aliphatic rings. The summed E-state index contributed by atoms with van der Waals surface area (Å²) in [6, 6.07) is -0.345. The predicted octanol–water partition coefficient (Wildman–Crippen LogP) is 2.12. The van der Waals surface area contributed by atoms with Gasteiger partial charge in [-0.25, -0.2) is 9.79 Å². The number of amidine groups is 2. The molecule has 1 unspecified atom stereocenters. The van der Waals surface area contributed by atoms with E-state index in [0.717, 1.165) is 40.8 Å². The molecule has 152 valence electrons. The Morgan fingerprint density at radius 2 is 1.86 bits per heavy atom. The molecular weight excluding hydrogens is 380 g/mol. The molecule has 0 bridgehead atoms. The van der Waals surface area contributed by atoms with Crippen LogP contribution in [0.3, 0.4) is 0 Å². The van der Waals surface area contributed by atoms with Crippen molar-refractivity contribution in [3.05, 3.63) is 0 Å². The monoisotopic (exact) mass is 407 g/mol. The minimum Gasteiger partial charge on any atom is -0.350 e. The third kappa shape index (κ3) is 3.79. The van der Waals surface area contributed by atoms with Crippen LogP contribution in [0.25, 0.3) is 0 Å². The topological polar surface area (TPSA) is 83.6 Å². The molecule has 0 aromatic heterocycles. The predicted molar refractivity (Wildman–Crippen MR) is 107 cm³/mol. The fourth-order valence-electron chi connectivity index (χ4n) is 4.08. The Hall–Kier alpha value is -1.58. The van der Waals surface area contributed by atoms with E-state index in [1.165, 1.54) is 30.9 Å². The normalized spacial score (nSPS) is 27.2. The van der Waals surface area contributed by atoms with Crippen molar-refractivity contribution < 1.29 is 23.6 Å². The molecule has 1 aliphatic carbocycles. The molecule has 0 radical (unpaired) electrons. The molecule has 3 heterocycles. The molecule has 9 heteroatoms. The van der Waals surface area contributed by atoms with E-state index in [-0.39, 0.29) is 18.2 Å².